The lowest BCUT2D eigenvalue weighted by Gasteiger charge is -2.41. The number of benzene rings is 1. The van der Waals surface area contributed by atoms with E-state index in [1.807, 2.05) is 36.9 Å². The molecule has 104 valence electrons. The van der Waals surface area contributed by atoms with E-state index in [0.717, 1.165) is 31.5 Å². The fraction of sp³-hybridized carbons (Fsp3) is 0.562. The molecule has 1 amide bonds. The van der Waals surface area contributed by atoms with Crippen LogP contribution in [0.3, 0.4) is 0 Å². The maximum Gasteiger partial charge on any atom is 0.226 e. The summed E-state index contributed by atoms with van der Waals surface area (Å²) in [6.07, 6.45) is 2.05. The molecule has 1 aromatic rings. The Balaban J connectivity index is 2.04. The Hall–Kier alpha value is -1.35. The van der Waals surface area contributed by atoms with Crippen molar-refractivity contribution in [1.82, 2.24) is 4.90 Å². The summed E-state index contributed by atoms with van der Waals surface area (Å²) >= 11 is 0. The first-order chi connectivity index (χ1) is 9.19. The van der Waals surface area contributed by atoms with E-state index >= 15 is 0 Å². The normalized spacial score (nSPS) is 23.5. The molecule has 0 saturated heterocycles. The second-order valence-corrected chi connectivity index (χ2v) is 5.29. The van der Waals surface area contributed by atoms with E-state index in [1.54, 1.807) is 0 Å². The molecule has 0 radical (unpaired) electrons. The topological polar surface area (TPSA) is 46.3 Å². The number of amides is 1. The second-order valence-electron chi connectivity index (χ2n) is 5.29. The fourth-order valence-corrected chi connectivity index (χ4v) is 2.95. The molecule has 1 aliphatic carbocycles. The number of nitrogens with zero attached hydrogens (tertiary/aromatic N) is 1. The van der Waals surface area contributed by atoms with Crippen molar-refractivity contribution in [3.8, 4) is 0 Å². The van der Waals surface area contributed by atoms with E-state index in [0.29, 0.717) is 5.92 Å². The van der Waals surface area contributed by atoms with E-state index in [2.05, 4.69) is 12.1 Å². The third-order valence-electron chi connectivity index (χ3n) is 4.37. The molecule has 0 heterocycles. The molecule has 0 aromatic heterocycles. The van der Waals surface area contributed by atoms with Crippen molar-refractivity contribution < 1.29 is 4.79 Å². The van der Waals surface area contributed by atoms with Crippen LogP contribution in [0, 0.1) is 11.8 Å². The van der Waals surface area contributed by atoms with Crippen LogP contribution in [0.2, 0.25) is 0 Å². The summed E-state index contributed by atoms with van der Waals surface area (Å²) in [5.41, 5.74) is 7.48. The average Bonchev–Trinajstić information content (AvgIpc) is 2.40. The summed E-state index contributed by atoms with van der Waals surface area (Å²) in [5.74, 6) is 0.707. The van der Waals surface area contributed by atoms with Crippen LogP contribution in [0.15, 0.2) is 30.3 Å². The largest absolute Gasteiger partial charge is 0.343 e. The zero-order valence-corrected chi connectivity index (χ0v) is 11.9. The minimum absolute atomic E-state index is 0.0144. The summed E-state index contributed by atoms with van der Waals surface area (Å²) in [5, 5.41) is 0. The molecule has 0 aliphatic heterocycles. The molecule has 1 unspecified atom stereocenters. The molecule has 1 saturated carbocycles. The van der Waals surface area contributed by atoms with Gasteiger partial charge in [-0.1, -0.05) is 30.3 Å². The summed E-state index contributed by atoms with van der Waals surface area (Å²) in [4.78, 5) is 14.3. The van der Waals surface area contributed by atoms with Gasteiger partial charge in [0.1, 0.15) is 0 Å². The van der Waals surface area contributed by atoms with Crippen LogP contribution in [0.4, 0.5) is 0 Å². The number of nitrogens with two attached hydrogens (primary N) is 1. The quantitative estimate of drug-likeness (QED) is 0.884. The summed E-state index contributed by atoms with van der Waals surface area (Å²) < 4.78 is 0. The minimum atomic E-state index is -0.0144. The Morgan fingerprint density at radius 1 is 1.26 bits per heavy atom. The van der Waals surface area contributed by atoms with Gasteiger partial charge in [-0.25, -0.2) is 0 Å². The molecule has 0 spiro atoms. The van der Waals surface area contributed by atoms with Crippen LogP contribution >= 0.6 is 0 Å². The first-order valence-corrected chi connectivity index (χ1v) is 7.28. The van der Waals surface area contributed by atoms with Crippen molar-refractivity contribution in [2.75, 3.05) is 13.1 Å². The van der Waals surface area contributed by atoms with Crippen LogP contribution in [0.5, 0.6) is 0 Å². The molecule has 2 N–H and O–H groups in total. The van der Waals surface area contributed by atoms with Crippen LogP contribution in [0.1, 0.15) is 38.3 Å². The van der Waals surface area contributed by atoms with E-state index in [9.17, 15) is 4.79 Å². The van der Waals surface area contributed by atoms with Gasteiger partial charge in [0.05, 0.1) is 0 Å². The van der Waals surface area contributed by atoms with Crippen molar-refractivity contribution >= 4 is 5.91 Å². The molecule has 19 heavy (non-hydrogen) atoms. The molecule has 3 heteroatoms. The lowest BCUT2D eigenvalue weighted by atomic mass is 9.67. The van der Waals surface area contributed by atoms with Gasteiger partial charge in [0, 0.05) is 25.0 Å². The van der Waals surface area contributed by atoms with Gasteiger partial charge in [0.25, 0.3) is 0 Å². The number of rotatable bonds is 5. The van der Waals surface area contributed by atoms with Crippen molar-refractivity contribution in [1.29, 1.82) is 0 Å². The summed E-state index contributed by atoms with van der Waals surface area (Å²) in [6.45, 7) is 5.65. The van der Waals surface area contributed by atoms with E-state index in [-0.39, 0.29) is 17.9 Å². The first-order valence-electron chi connectivity index (χ1n) is 7.28. The highest BCUT2D eigenvalue weighted by molar-refractivity contribution is 5.80. The molecule has 3 nitrogen and oxygen atoms in total. The molecule has 1 fully saturated rings. The van der Waals surface area contributed by atoms with Gasteiger partial charge < -0.3 is 10.6 Å². The van der Waals surface area contributed by atoms with Gasteiger partial charge in [-0.15, -0.1) is 0 Å². The molecule has 3 atom stereocenters. The van der Waals surface area contributed by atoms with Gasteiger partial charge in [-0.3, -0.25) is 4.79 Å². The van der Waals surface area contributed by atoms with E-state index in [1.165, 1.54) is 0 Å². The monoisotopic (exact) mass is 260 g/mol. The second kappa shape index (κ2) is 6.20. The highest BCUT2D eigenvalue weighted by atomic mass is 16.2. The molecule has 1 aliphatic rings. The Labute approximate surface area is 115 Å². The SMILES string of the molecule is CCN(CC)C(=O)[C@@H]1CC[C@H]1C(N)c1ccccc1. The number of hydrogen-bond donors (Lipinski definition) is 1. The molecule has 0 bridgehead atoms. The fourth-order valence-electron chi connectivity index (χ4n) is 2.95. The highest BCUT2D eigenvalue weighted by Gasteiger charge is 2.41. The number of carbonyl (C=O) groups is 1. The van der Waals surface area contributed by atoms with Gasteiger partial charge in [-0.05, 0) is 38.2 Å². The third-order valence-corrected chi connectivity index (χ3v) is 4.37. The zero-order chi connectivity index (χ0) is 13.8. The smallest absolute Gasteiger partial charge is 0.226 e. The Morgan fingerprint density at radius 3 is 2.37 bits per heavy atom. The van der Waals surface area contributed by atoms with Crippen LogP contribution in [0.25, 0.3) is 0 Å². The standard InChI is InChI=1S/C16H24N2O/c1-3-18(4-2)16(19)14-11-10-13(14)15(17)12-8-6-5-7-9-12/h5-9,13-15H,3-4,10-11,17H2,1-2H3/t13-,14-,15?/m1/s1. The van der Waals surface area contributed by atoms with Crippen LogP contribution in [-0.4, -0.2) is 23.9 Å². The van der Waals surface area contributed by atoms with Gasteiger partial charge in [0.15, 0.2) is 0 Å². The zero-order valence-electron chi connectivity index (χ0n) is 11.9. The lowest BCUT2D eigenvalue weighted by molar-refractivity contribution is -0.141. The Morgan fingerprint density at radius 2 is 1.89 bits per heavy atom. The van der Waals surface area contributed by atoms with Crippen molar-refractivity contribution in [3.63, 3.8) is 0 Å². The lowest BCUT2D eigenvalue weighted by Crippen LogP contribution is -2.46. The third kappa shape index (κ3) is 2.81. The Bertz CT molecular complexity index is 414. The van der Waals surface area contributed by atoms with Crippen molar-refractivity contribution in [2.24, 2.45) is 17.6 Å². The minimum Gasteiger partial charge on any atom is -0.343 e. The first kappa shape index (κ1) is 14.1. The van der Waals surface area contributed by atoms with Crippen molar-refractivity contribution in [2.45, 2.75) is 32.7 Å². The number of hydrogen-bond acceptors (Lipinski definition) is 2. The highest BCUT2D eigenvalue weighted by Crippen LogP contribution is 2.42. The van der Waals surface area contributed by atoms with Crippen molar-refractivity contribution in [3.05, 3.63) is 35.9 Å². The van der Waals surface area contributed by atoms with Gasteiger partial charge >= 0.3 is 0 Å². The number of carbonyl (C=O) groups excluding carboxylic acids is 1. The van der Waals surface area contributed by atoms with Crippen LogP contribution < -0.4 is 5.73 Å². The van der Waals surface area contributed by atoms with Gasteiger partial charge in [0.2, 0.25) is 5.91 Å². The predicted octanol–water partition coefficient (Wildman–Crippen LogP) is 2.58. The maximum absolute atomic E-state index is 12.4. The van der Waals surface area contributed by atoms with Crippen LogP contribution in [-0.2, 0) is 4.79 Å². The summed E-state index contributed by atoms with van der Waals surface area (Å²) in [7, 11) is 0. The average molecular weight is 260 g/mol. The van der Waals surface area contributed by atoms with Gasteiger partial charge in [-0.2, -0.15) is 0 Å². The molecular weight excluding hydrogens is 236 g/mol. The molecular formula is C16H24N2O. The molecule has 1 aromatic carbocycles. The predicted molar refractivity (Wildman–Crippen MR) is 77.5 cm³/mol. The molecule has 2 rings (SSSR count). The maximum atomic E-state index is 12.4. The van der Waals surface area contributed by atoms with E-state index < -0.39 is 0 Å². The summed E-state index contributed by atoms with van der Waals surface area (Å²) in [6, 6.07) is 10.1. The Kier molecular flexibility index (Phi) is 4.59. The van der Waals surface area contributed by atoms with E-state index in [4.69, 9.17) is 5.73 Å².